The lowest BCUT2D eigenvalue weighted by atomic mass is 10.1. The lowest BCUT2D eigenvalue weighted by Gasteiger charge is -2.14. The Balaban J connectivity index is 2.50. The molecule has 21 heavy (non-hydrogen) atoms. The number of nitrogens with zero attached hydrogens (tertiary/aromatic N) is 1. The zero-order valence-electron chi connectivity index (χ0n) is 12.4. The van der Waals surface area contributed by atoms with Crippen molar-refractivity contribution in [1.82, 2.24) is 4.57 Å². The third-order valence-electron chi connectivity index (χ3n) is 3.40. The van der Waals surface area contributed by atoms with Gasteiger partial charge in [-0.25, -0.2) is 0 Å². The van der Waals surface area contributed by atoms with Crippen LogP contribution in [0.15, 0.2) is 35.3 Å². The first-order valence-corrected chi connectivity index (χ1v) is 7.24. The number of hydrogen-bond donors (Lipinski definition) is 0. The van der Waals surface area contributed by atoms with Gasteiger partial charge in [-0.1, -0.05) is 6.07 Å². The van der Waals surface area contributed by atoms with Crippen LogP contribution in [0.25, 0.3) is 5.69 Å². The van der Waals surface area contributed by atoms with Crippen molar-refractivity contribution in [3.05, 3.63) is 63.1 Å². The average molecular weight is 304 g/mol. The average Bonchev–Trinajstić information content (AvgIpc) is 2.36. The van der Waals surface area contributed by atoms with Gasteiger partial charge in [-0.3, -0.25) is 9.59 Å². The smallest absolute Gasteiger partial charge is 0.221 e. The topological polar surface area (TPSA) is 39.1 Å². The van der Waals surface area contributed by atoms with Gasteiger partial charge in [0.05, 0.1) is 0 Å². The lowest BCUT2D eigenvalue weighted by Crippen LogP contribution is -2.15. The highest BCUT2D eigenvalue weighted by atomic mass is 35.5. The van der Waals surface area contributed by atoms with Crippen molar-refractivity contribution >= 4 is 16.8 Å². The quantitative estimate of drug-likeness (QED) is 0.811. The number of benzene rings is 1. The number of hydrogen-bond acceptors (Lipinski definition) is 2. The Labute approximate surface area is 129 Å². The molecule has 1 aromatic carbocycles. The maximum absolute atomic E-state index is 12.0. The van der Waals surface area contributed by atoms with Crippen molar-refractivity contribution < 1.29 is 4.79 Å². The van der Waals surface area contributed by atoms with Crippen LogP contribution in [0.5, 0.6) is 0 Å². The van der Waals surface area contributed by atoms with Gasteiger partial charge < -0.3 is 4.57 Å². The van der Waals surface area contributed by atoms with Crippen LogP contribution in [-0.2, 0) is 11.2 Å². The molecule has 0 N–H and O–H groups in total. The van der Waals surface area contributed by atoms with Crippen molar-refractivity contribution in [3.8, 4) is 5.69 Å². The van der Waals surface area contributed by atoms with Gasteiger partial charge in [-0.15, -0.1) is 0 Å². The first kappa shape index (κ1) is 15.5. The molecule has 3 nitrogen and oxygen atoms in total. The van der Waals surface area contributed by atoms with Crippen molar-refractivity contribution in [2.24, 2.45) is 0 Å². The Kier molecular flexibility index (Phi) is 4.63. The molecule has 1 heterocycles. The normalized spacial score (nSPS) is 10.7. The molecule has 0 radical (unpaired) electrons. The third-order valence-corrected chi connectivity index (χ3v) is 3.59. The molecule has 1 aromatic heterocycles. The summed E-state index contributed by atoms with van der Waals surface area (Å²) < 4.78 is 1.98. The number of carbonyl (C=O) groups excluding carboxylic acids is 1. The van der Waals surface area contributed by atoms with Crippen molar-refractivity contribution in [3.63, 3.8) is 0 Å². The van der Waals surface area contributed by atoms with Gasteiger partial charge in [-0.2, -0.15) is 0 Å². The summed E-state index contributed by atoms with van der Waals surface area (Å²) in [4.78, 5) is 22.9. The molecule has 0 aliphatic carbocycles. The summed E-state index contributed by atoms with van der Waals surface area (Å²) in [5, 5.41) is -0.423. The van der Waals surface area contributed by atoms with Gasteiger partial charge in [0.2, 0.25) is 5.24 Å². The molecule has 110 valence electrons. The van der Waals surface area contributed by atoms with Crippen LogP contribution in [-0.4, -0.2) is 9.81 Å². The monoisotopic (exact) mass is 303 g/mol. The molecule has 0 aliphatic heterocycles. The minimum absolute atomic E-state index is 0.0500. The second-order valence-corrected chi connectivity index (χ2v) is 5.80. The molecular formula is C17H18ClNO2. The van der Waals surface area contributed by atoms with E-state index in [-0.39, 0.29) is 11.8 Å². The summed E-state index contributed by atoms with van der Waals surface area (Å²) >= 11 is 5.36. The zero-order chi connectivity index (χ0) is 15.6. The largest absolute Gasteiger partial charge is 0.321 e. The minimum Gasteiger partial charge on any atom is -0.321 e. The maximum Gasteiger partial charge on any atom is 0.221 e. The molecule has 0 spiro atoms. The van der Waals surface area contributed by atoms with E-state index in [9.17, 15) is 9.59 Å². The SMILES string of the molecule is Cc1cc(C)cc(-n2cc(CCC(=O)Cl)c(=O)cc2C)c1. The molecule has 0 bridgehead atoms. The predicted octanol–water partition coefficient (Wildman–Crippen LogP) is 3.46. The number of rotatable bonds is 4. The summed E-state index contributed by atoms with van der Waals surface area (Å²) in [7, 11) is 0. The fraction of sp³-hybridized carbons (Fsp3) is 0.294. The Morgan fingerprint density at radius 3 is 2.29 bits per heavy atom. The van der Waals surface area contributed by atoms with E-state index in [1.165, 1.54) is 11.1 Å². The lowest BCUT2D eigenvalue weighted by molar-refractivity contribution is -0.111. The molecule has 2 rings (SSSR count). The maximum atomic E-state index is 12.0. The summed E-state index contributed by atoms with van der Waals surface area (Å²) in [6.45, 7) is 5.98. The van der Waals surface area contributed by atoms with Gasteiger partial charge >= 0.3 is 0 Å². The van der Waals surface area contributed by atoms with Crippen LogP contribution >= 0.6 is 11.6 Å². The number of halogens is 1. The molecule has 0 atom stereocenters. The van der Waals surface area contributed by atoms with Crippen LogP contribution in [0, 0.1) is 20.8 Å². The highest BCUT2D eigenvalue weighted by Crippen LogP contribution is 2.16. The van der Waals surface area contributed by atoms with E-state index in [1.54, 1.807) is 6.07 Å². The summed E-state index contributed by atoms with van der Waals surface area (Å²) in [5.74, 6) is 0. The Morgan fingerprint density at radius 1 is 1.10 bits per heavy atom. The van der Waals surface area contributed by atoms with E-state index in [2.05, 4.69) is 18.2 Å². The number of pyridine rings is 1. The fourth-order valence-electron chi connectivity index (χ4n) is 2.46. The van der Waals surface area contributed by atoms with Crippen molar-refractivity contribution in [1.29, 1.82) is 0 Å². The number of aromatic nitrogens is 1. The molecule has 0 amide bonds. The second-order valence-electron chi connectivity index (χ2n) is 5.38. The van der Waals surface area contributed by atoms with Crippen LogP contribution in [0.3, 0.4) is 0 Å². The molecule has 0 fully saturated rings. The first-order chi connectivity index (χ1) is 9.86. The standard InChI is InChI=1S/C17H18ClNO2/c1-11-6-12(2)8-15(7-11)19-10-14(4-5-17(18)21)16(20)9-13(19)3/h6-10H,4-5H2,1-3H3. The van der Waals surface area contributed by atoms with E-state index in [4.69, 9.17) is 11.6 Å². The number of carbonyl (C=O) groups is 1. The Morgan fingerprint density at radius 2 is 1.71 bits per heavy atom. The number of aryl methyl sites for hydroxylation is 4. The predicted molar refractivity (Wildman–Crippen MR) is 85.4 cm³/mol. The molecule has 0 saturated heterocycles. The first-order valence-electron chi connectivity index (χ1n) is 6.86. The molecule has 4 heteroatoms. The van der Waals surface area contributed by atoms with Gasteiger partial charge in [0.15, 0.2) is 5.43 Å². The van der Waals surface area contributed by atoms with Crippen LogP contribution in [0.4, 0.5) is 0 Å². The second kappa shape index (κ2) is 6.27. The van der Waals surface area contributed by atoms with Gasteiger partial charge in [-0.05, 0) is 62.1 Å². The van der Waals surface area contributed by atoms with Crippen molar-refractivity contribution in [2.75, 3.05) is 0 Å². The summed E-state index contributed by atoms with van der Waals surface area (Å²) in [6, 6.07) is 7.85. The third kappa shape index (κ3) is 3.82. The zero-order valence-corrected chi connectivity index (χ0v) is 13.2. The van der Waals surface area contributed by atoms with E-state index in [0.29, 0.717) is 12.0 Å². The molecule has 0 saturated carbocycles. The van der Waals surface area contributed by atoms with E-state index < -0.39 is 5.24 Å². The van der Waals surface area contributed by atoms with Crippen LogP contribution in [0.2, 0.25) is 0 Å². The molecule has 0 aliphatic rings. The van der Waals surface area contributed by atoms with Crippen LogP contribution < -0.4 is 5.43 Å². The van der Waals surface area contributed by atoms with E-state index in [1.807, 2.05) is 31.5 Å². The van der Waals surface area contributed by atoms with Gasteiger partial charge in [0.25, 0.3) is 0 Å². The van der Waals surface area contributed by atoms with Gasteiger partial charge in [0.1, 0.15) is 0 Å². The van der Waals surface area contributed by atoms with E-state index >= 15 is 0 Å². The van der Waals surface area contributed by atoms with Crippen LogP contribution in [0.1, 0.15) is 28.8 Å². The van der Waals surface area contributed by atoms with Crippen molar-refractivity contribution in [2.45, 2.75) is 33.6 Å². The molecule has 0 unspecified atom stereocenters. The van der Waals surface area contributed by atoms with E-state index in [0.717, 1.165) is 11.4 Å². The molecular weight excluding hydrogens is 286 g/mol. The summed E-state index contributed by atoms with van der Waals surface area (Å²) in [6.07, 6.45) is 2.35. The molecule has 2 aromatic rings. The highest BCUT2D eigenvalue weighted by molar-refractivity contribution is 6.63. The van der Waals surface area contributed by atoms with Gasteiger partial charge in [0, 0.05) is 35.6 Å². The Hall–Kier alpha value is -1.87. The fourth-order valence-corrected chi connectivity index (χ4v) is 2.56. The minimum atomic E-state index is -0.423. The summed E-state index contributed by atoms with van der Waals surface area (Å²) in [5.41, 5.74) is 4.77. The highest BCUT2D eigenvalue weighted by Gasteiger charge is 2.08. The Bertz CT molecular complexity index is 727.